The van der Waals surface area contributed by atoms with Crippen LogP contribution in [-0.2, 0) is 5.41 Å². The molecule has 76 valence electrons. The van der Waals surface area contributed by atoms with Gasteiger partial charge in [0, 0.05) is 4.47 Å². The van der Waals surface area contributed by atoms with Crippen molar-refractivity contribution in [2.45, 2.75) is 44.4 Å². The second-order valence-corrected chi connectivity index (χ2v) is 5.54. The Bertz CT molecular complexity index is 294. The largest absolute Gasteiger partial charge is 0.0574 e. The highest BCUT2D eigenvalue weighted by atomic mass is 79.9. The zero-order valence-corrected chi connectivity index (χ0v) is 10.3. The molecular formula is C13H17Br. The van der Waals surface area contributed by atoms with Gasteiger partial charge in [0.1, 0.15) is 0 Å². The van der Waals surface area contributed by atoms with Gasteiger partial charge in [0.25, 0.3) is 0 Å². The molecule has 1 aliphatic rings. The molecule has 1 fully saturated rings. The summed E-state index contributed by atoms with van der Waals surface area (Å²) < 4.78 is 1.18. The molecule has 1 heteroatoms. The summed E-state index contributed by atoms with van der Waals surface area (Å²) in [7, 11) is 0. The van der Waals surface area contributed by atoms with Crippen molar-refractivity contribution in [3.8, 4) is 0 Å². The Morgan fingerprint density at radius 1 is 1.00 bits per heavy atom. The molecule has 0 saturated heterocycles. The van der Waals surface area contributed by atoms with Crippen LogP contribution in [0.5, 0.6) is 0 Å². The Kier molecular flexibility index (Phi) is 2.96. The average molecular weight is 253 g/mol. The first-order valence-corrected chi connectivity index (χ1v) is 6.26. The summed E-state index contributed by atoms with van der Waals surface area (Å²) in [5.74, 6) is 0. The summed E-state index contributed by atoms with van der Waals surface area (Å²) in [5.41, 5.74) is 1.96. The van der Waals surface area contributed by atoms with E-state index in [0.717, 1.165) is 0 Å². The van der Waals surface area contributed by atoms with Crippen LogP contribution in [0.15, 0.2) is 28.7 Å². The van der Waals surface area contributed by atoms with Crippen LogP contribution >= 0.6 is 15.9 Å². The predicted octanol–water partition coefficient (Wildman–Crippen LogP) is 4.67. The number of benzene rings is 1. The van der Waals surface area contributed by atoms with Crippen LogP contribution in [0.1, 0.15) is 44.6 Å². The molecule has 14 heavy (non-hydrogen) atoms. The summed E-state index contributed by atoms with van der Waals surface area (Å²) in [6.07, 6.45) is 6.93. The molecule has 0 N–H and O–H groups in total. The average Bonchev–Trinajstić information content (AvgIpc) is 2.19. The van der Waals surface area contributed by atoms with Crippen LogP contribution in [0.25, 0.3) is 0 Å². The molecule has 0 aromatic heterocycles. The molecule has 0 atom stereocenters. The molecule has 0 heterocycles. The molecule has 0 unspecified atom stereocenters. The lowest BCUT2D eigenvalue weighted by Gasteiger charge is -2.34. The van der Waals surface area contributed by atoms with Crippen LogP contribution in [0.3, 0.4) is 0 Å². The standard InChI is InChI=1S/C13H17Br/c1-13(9-3-2-4-10-13)11-5-7-12(14)8-6-11/h5-8H,2-4,9-10H2,1H3. The Hall–Kier alpha value is -0.300. The van der Waals surface area contributed by atoms with Gasteiger partial charge in [-0.25, -0.2) is 0 Å². The maximum absolute atomic E-state index is 3.49. The van der Waals surface area contributed by atoms with E-state index in [-0.39, 0.29) is 0 Å². The minimum absolute atomic E-state index is 0.443. The van der Waals surface area contributed by atoms with E-state index < -0.39 is 0 Å². The van der Waals surface area contributed by atoms with E-state index >= 15 is 0 Å². The summed E-state index contributed by atoms with van der Waals surface area (Å²) in [6, 6.07) is 8.87. The minimum atomic E-state index is 0.443. The van der Waals surface area contributed by atoms with Crippen molar-refractivity contribution in [1.82, 2.24) is 0 Å². The van der Waals surface area contributed by atoms with Crippen molar-refractivity contribution >= 4 is 15.9 Å². The van der Waals surface area contributed by atoms with Crippen LogP contribution in [0.4, 0.5) is 0 Å². The molecule has 1 saturated carbocycles. The minimum Gasteiger partial charge on any atom is -0.0574 e. The van der Waals surface area contributed by atoms with Gasteiger partial charge in [-0.05, 0) is 36.0 Å². The van der Waals surface area contributed by atoms with Gasteiger partial charge in [0.2, 0.25) is 0 Å². The van der Waals surface area contributed by atoms with Gasteiger partial charge < -0.3 is 0 Å². The van der Waals surface area contributed by atoms with Crippen LogP contribution in [0.2, 0.25) is 0 Å². The van der Waals surface area contributed by atoms with Crippen LogP contribution in [0, 0.1) is 0 Å². The SMILES string of the molecule is CC1(c2ccc(Br)cc2)CCCCC1. The van der Waals surface area contributed by atoms with Gasteiger partial charge in [-0.2, -0.15) is 0 Å². The van der Waals surface area contributed by atoms with E-state index in [1.807, 2.05) is 0 Å². The van der Waals surface area contributed by atoms with Gasteiger partial charge in [-0.1, -0.05) is 54.2 Å². The predicted molar refractivity (Wildman–Crippen MR) is 64.6 cm³/mol. The summed E-state index contributed by atoms with van der Waals surface area (Å²) in [4.78, 5) is 0. The quantitative estimate of drug-likeness (QED) is 0.682. The molecule has 2 rings (SSSR count). The van der Waals surface area contributed by atoms with E-state index in [2.05, 4.69) is 47.1 Å². The Labute approximate surface area is 94.8 Å². The Balaban J connectivity index is 2.23. The van der Waals surface area contributed by atoms with E-state index in [9.17, 15) is 0 Å². The third-order valence-electron chi connectivity index (χ3n) is 3.50. The van der Waals surface area contributed by atoms with E-state index in [1.54, 1.807) is 0 Å². The molecule has 1 aromatic carbocycles. The summed E-state index contributed by atoms with van der Waals surface area (Å²) >= 11 is 3.49. The van der Waals surface area contributed by atoms with Gasteiger partial charge in [-0.15, -0.1) is 0 Å². The highest BCUT2D eigenvalue weighted by molar-refractivity contribution is 9.10. The molecule has 0 aliphatic heterocycles. The molecular weight excluding hydrogens is 236 g/mol. The lowest BCUT2D eigenvalue weighted by molar-refractivity contribution is 0.319. The monoisotopic (exact) mass is 252 g/mol. The smallest absolute Gasteiger partial charge is 0.0175 e. The third-order valence-corrected chi connectivity index (χ3v) is 4.03. The van der Waals surface area contributed by atoms with Crippen molar-refractivity contribution < 1.29 is 0 Å². The summed E-state index contributed by atoms with van der Waals surface area (Å²) in [6.45, 7) is 2.41. The lowest BCUT2D eigenvalue weighted by Crippen LogP contribution is -2.24. The highest BCUT2D eigenvalue weighted by Gasteiger charge is 2.28. The fourth-order valence-electron chi connectivity index (χ4n) is 2.47. The number of hydrogen-bond donors (Lipinski definition) is 0. The Morgan fingerprint density at radius 2 is 1.57 bits per heavy atom. The molecule has 0 spiro atoms. The maximum Gasteiger partial charge on any atom is 0.0175 e. The molecule has 0 amide bonds. The number of hydrogen-bond acceptors (Lipinski definition) is 0. The molecule has 0 bridgehead atoms. The van der Waals surface area contributed by atoms with Gasteiger partial charge in [-0.3, -0.25) is 0 Å². The van der Waals surface area contributed by atoms with Crippen molar-refractivity contribution in [2.75, 3.05) is 0 Å². The van der Waals surface area contributed by atoms with Crippen molar-refractivity contribution in [3.05, 3.63) is 34.3 Å². The van der Waals surface area contributed by atoms with Gasteiger partial charge >= 0.3 is 0 Å². The first-order valence-electron chi connectivity index (χ1n) is 5.47. The lowest BCUT2D eigenvalue weighted by atomic mass is 9.71. The zero-order chi connectivity index (χ0) is 10.0. The normalized spacial score (nSPS) is 20.7. The van der Waals surface area contributed by atoms with Gasteiger partial charge in [0.15, 0.2) is 0 Å². The first kappa shape index (κ1) is 10.2. The second-order valence-electron chi connectivity index (χ2n) is 4.63. The molecule has 0 nitrogen and oxygen atoms in total. The molecule has 0 radical (unpaired) electrons. The third kappa shape index (κ3) is 2.03. The second kappa shape index (κ2) is 4.06. The Morgan fingerprint density at radius 3 is 2.14 bits per heavy atom. The fraction of sp³-hybridized carbons (Fsp3) is 0.538. The van der Waals surface area contributed by atoms with Crippen LogP contribution < -0.4 is 0 Å². The van der Waals surface area contributed by atoms with Crippen LogP contribution in [-0.4, -0.2) is 0 Å². The van der Waals surface area contributed by atoms with E-state index in [1.165, 1.54) is 42.1 Å². The molecule has 1 aromatic rings. The summed E-state index contributed by atoms with van der Waals surface area (Å²) in [5, 5.41) is 0. The first-order chi connectivity index (χ1) is 6.71. The maximum atomic E-state index is 3.49. The number of halogens is 1. The van der Waals surface area contributed by atoms with E-state index in [4.69, 9.17) is 0 Å². The highest BCUT2D eigenvalue weighted by Crippen LogP contribution is 2.39. The van der Waals surface area contributed by atoms with Crippen molar-refractivity contribution in [1.29, 1.82) is 0 Å². The van der Waals surface area contributed by atoms with Crippen molar-refractivity contribution in [2.24, 2.45) is 0 Å². The van der Waals surface area contributed by atoms with Crippen molar-refractivity contribution in [3.63, 3.8) is 0 Å². The van der Waals surface area contributed by atoms with Gasteiger partial charge in [0.05, 0.1) is 0 Å². The number of rotatable bonds is 1. The topological polar surface area (TPSA) is 0 Å². The fourth-order valence-corrected chi connectivity index (χ4v) is 2.74. The zero-order valence-electron chi connectivity index (χ0n) is 8.72. The molecule has 1 aliphatic carbocycles. The van der Waals surface area contributed by atoms with E-state index in [0.29, 0.717) is 5.41 Å².